The summed E-state index contributed by atoms with van der Waals surface area (Å²) in [5, 5.41) is 0. The van der Waals surface area contributed by atoms with Gasteiger partial charge in [0.2, 0.25) is 5.88 Å². The van der Waals surface area contributed by atoms with Crippen LogP contribution in [0.5, 0.6) is 11.6 Å². The van der Waals surface area contributed by atoms with Crippen molar-refractivity contribution in [1.82, 2.24) is 14.8 Å². The van der Waals surface area contributed by atoms with Crippen LogP contribution in [0.4, 0.5) is 4.39 Å². The average Bonchev–Trinajstić information content (AvgIpc) is 2.91. The summed E-state index contributed by atoms with van der Waals surface area (Å²) in [6.07, 6.45) is 1.01. The Morgan fingerprint density at radius 1 is 1.03 bits per heavy atom. The van der Waals surface area contributed by atoms with Crippen LogP contribution in [0, 0.1) is 5.82 Å². The third kappa shape index (κ3) is 7.24. The Hall–Kier alpha value is -2.69. The van der Waals surface area contributed by atoms with Crippen molar-refractivity contribution in [1.29, 1.82) is 0 Å². The van der Waals surface area contributed by atoms with Crippen molar-refractivity contribution in [3.63, 3.8) is 0 Å². The minimum atomic E-state index is -0.797. The number of halogens is 2. The lowest BCUT2D eigenvalue weighted by atomic mass is 9.96. The van der Waals surface area contributed by atoms with Gasteiger partial charge >= 0.3 is 0 Å². The molecular weight excluding hydrogens is 527 g/mol. The number of morpholine rings is 1. The minimum Gasteiger partial charge on any atom is -0.438 e. The molecule has 2 saturated heterocycles. The maximum Gasteiger partial charge on any atom is 0.254 e. The molecule has 1 aromatic heterocycles. The van der Waals surface area contributed by atoms with Gasteiger partial charge in [0.05, 0.1) is 19.4 Å². The van der Waals surface area contributed by atoms with Gasteiger partial charge < -0.3 is 15.2 Å². The van der Waals surface area contributed by atoms with Gasteiger partial charge in [-0.25, -0.2) is 9.37 Å². The zero-order chi connectivity index (χ0) is 25.6. The van der Waals surface area contributed by atoms with Crippen molar-refractivity contribution >= 4 is 30.1 Å². The van der Waals surface area contributed by atoms with E-state index in [1.54, 1.807) is 6.07 Å². The highest BCUT2D eigenvalue weighted by molar-refractivity contribution is 7.99. The number of pyridine rings is 1. The average molecular weight is 559 g/mol. The largest absolute Gasteiger partial charge is 0.438 e. The minimum absolute atomic E-state index is 0. The van der Waals surface area contributed by atoms with Gasteiger partial charge in [0.25, 0.3) is 5.91 Å². The van der Waals surface area contributed by atoms with Crippen LogP contribution in [-0.4, -0.2) is 71.6 Å². The van der Waals surface area contributed by atoms with Gasteiger partial charge in [0, 0.05) is 50.8 Å². The lowest BCUT2D eigenvalue weighted by Crippen LogP contribution is -2.36. The van der Waals surface area contributed by atoms with Crippen LogP contribution in [0.3, 0.4) is 0 Å². The fourth-order valence-corrected chi connectivity index (χ4v) is 5.68. The molecule has 1 amide bonds. The SMILES string of the molecule is Cl.NC(=O)c1cc(F)cnc1Oc1cccc(-c2ccc(CN3CCSCC3)cc2CN2CCOCC2)c1. The molecule has 2 fully saturated rings. The summed E-state index contributed by atoms with van der Waals surface area (Å²) < 4.78 is 25.0. The van der Waals surface area contributed by atoms with Crippen molar-refractivity contribution in [3.8, 4) is 22.8 Å². The number of aromatic nitrogens is 1. The Labute approximate surface area is 232 Å². The highest BCUT2D eigenvalue weighted by Gasteiger charge is 2.18. The molecule has 202 valence electrons. The van der Waals surface area contributed by atoms with Crippen LogP contribution < -0.4 is 10.5 Å². The van der Waals surface area contributed by atoms with Crippen LogP contribution in [0.2, 0.25) is 0 Å². The van der Waals surface area contributed by atoms with E-state index >= 15 is 0 Å². The van der Waals surface area contributed by atoms with Crippen molar-refractivity contribution in [2.75, 3.05) is 50.9 Å². The number of amides is 1. The summed E-state index contributed by atoms with van der Waals surface area (Å²) in [5.41, 5.74) is 9.98. The number of carbonyl (C=O) groups is 1. The van der Waals surface area contributed by atoms with Crippen molar-refractivity contribution in [2.45, 2.75) is 13.1 Å². The quantitative estimate of drug-likeness (QED) is 0.433. The van der Waals surface area contributed by atoms with E-state index in [2.05, 4.69) is 33.0 Å². The summed E-state index contributed by atoms with van der Waals surface area (Å²) in [6.45, 7) is 7.33. The van der Waals surface area contributed by atoms with Crippen LogP contribution in [0.15, 0.2) is 54.7 Å². The van der Waals surface area contributed by atoms with E-state index in [0.717, 1.165) is 75.9 Å². The second-order valence-electron chi connectivity index (χ2n) is 9.27. The first-order valence-electron chi connectivity index (χ1n) is 12.5. The molecule has 0 unspecified atom stereocenters. The zero-order valence-corrected chi connectivity index (χ0v) is 22.7. The molecule has 0 atom stereocenters. The summed E-state index contributed by atoms with van der Waals surface area (Å²) in [4.78, 5) is 20.7. The number of hydrogen-bond acceptors (Lipinski definition) is 7. The number of carbonyl (C=O) groups excluding carboxylic acids is 1. The first kappa shape index (κ1) is 28.3. The fourth-order valence-electron chi connectivity index (χ4n) is 4.70. The van der Waals surface area contributed by atoms with E-state index in [-0.39, 0.29) is 23.9 Å². The normalized spacial score (nSPS) is 16.6. The van der Waals surface area contributed by atoms with E-state index in [1.165, 1.54) is 22.6 Å². The maximum absolute atomic E-state index is 13.6. The smallest absolute Gasteiger partial charge is 0.254 e. The van der Waals surface area contributed by atoms with Crippen LogP contribution in [0.25, 0.3) is 11.1 Å². The third-order valence-electron chi connectivity index (χ3n) is 6.62. The summed E-state index contributed by atoms with van der Waals surface area (Å²) in [5.74, 6) is 1.40. The predicted octanol–water partition coefficient (Wildman–Crippen LogP) is 4.58. The molecule has 0 saturated carbocycles. The molecule has 38 heavy (non-hydrogen) atoms. The van der Waals surface area contributed by atoms with Crippen molar-refractivity contribution < 1.29 is 18.7 Å². The molecule has 7 nitrogen and oxygen atoms in total. The Kier molecular flexibility index (Phi) is 9.98. The number of benzene rings is 2. The molecule has 0 aliphatic carbocycles. The number of nitrogens with zero attached hydrogens (tertiary/aromatic N) is 3. The lowest BCUT2D eigenvalue weighted by molar-refractivity contribution is 0.0342. The molecule has 2 N–H and O–H groups in total. The van der Waals surface area contributed by atoms with Gasteiger partial charge in [-0.15, -0.1) is 12.4 Å². The summed E-state index contributed by atoms with van der Waals surface area (Å²) in [6, 6.07) is 15.4. The van der Waals surface area contributed by atoms with Gasteiger partial charge in [0.1, 0.15) is 17.1 Å². The van der Waals surface area contributed by atoms with Crippen LogP contribution >= 0.6 is 24.2 Å². The highest BCUT2D eigenvalue weighted by Crippen LogP contribution is 2.32. The van der Waals surface area contributed by atoms with Crippen molar-refractivity contribution in [3.05, 3.63) is 77.2 Å². The lowest BCUT2D eigenvalue weighted by Gasteiger charge is -2.29. The fraction of sp³-hybridized carbons (Fsp3) is 0.357. The van der Waals surface area contributed by atoms with E-state index < -0.39 is 11.7 Å². The molecule has 2 aromatic carbocycles. The second-order valence-corrected chi connectivity index (χ2v) is 10.5. The zero-order valence-electron chi connectivity index (χ0n) is 21.1. The molecular formula is C28H32ClFN4O3S. The summed E-state index contributed by atoms with van der Waals surface area (Å²) >= 11 is 2.02. The van der Waals surface area contributed by atoms with Crippen molar-refractivity contribution in [2.24, 2.45) is 5.73 Å². The topological polar surface area (TPSA) is 80.9 Å². The van der Waals surface area contributed by atoms with Gasteiger partial charge in [-0.2, -0.15) is 11.8 Å². The highest BCUT2D eigenvalue weighted by atomic mass is 35.5. The van der Waals surface area contributed by atoms with Gasteiger partial charge in [0.15, 0.2) is 0 Å². The maximum atomic E-state index is 13.6. The number of hydrogen-bond donors (Lipinski definition) is 1. The third-order valence-corrected chi connectivity index (χ3v) is 7.56. The molecule has 3 aromatic rings. The van der Waals surface area contributed by atoms with E-state index in [1.807, 2.05) is 30.0 Å². The molecule has 2 aliphatic heterocycles. The standard InChI is InChI=1S/C28H31FN4O3S.ClH/c29-23-16-26(27(30)34)28(31-17-23)36-24-3-1-2-21(15-24)25-5-4-20(18-33-8-12-37-13-9-33)14-22(25)19-32-6-10-35-11-7-32;/h1-5,14-17H,6-13,18-19H2,(H2,30,34);1H. The van der Waals surface area contributed by atoms with Crippen LogP contribution in [0.1, 0.15) is 21.5 Å². The molecule has 0 spiro atoms. The van der Waals surface area contributed by atoms with Crippen LogP contribution in [-0.2, 0) is 17.8 Å². The number of ether oxygens (including phenoxy) is 2. The molecule has 10 heteroatoms. The predicted molar refractivity (Wildman–Crippen MR) is 151 cm³/mol. The molecule has 0 radical (unpaired) electrons. The Morgan fingerprint density at radius 2 is 1.79 bits per heavy atom. The Balaban J connectivity index is 0.00000336. The molecule has 3 heterocycles. The number of nitrogens with two attached hydrogens (primary N) is 1. The van der Waals surface area contributed by atoms with Gasteiger partial charge in [-0.1, -0.05) is 30.3 Å². The second kappa shape index (κ2) is 13.4. The number of thioether (sulfide) groups is 1. The molecule has 5 rings (SSSR count). The first-order valence-corrected chi connectivity index (χ1v) is 13.7. The molecule has 2 aliphatic rings. The number of rotatable bonds is 8. The van der Waals surface area contributed by atoms with E-state index in [0.29, 0.717) is 5.75 Å². The molecule has 0 bridgehead atoms. The van der Waals surface area contributed by atoms with E-state index in [9.17, 15) is 9.18 Å². The Morgan fingerprint density at radius 3 is 2.55 bits per heavy atom. The Bertz CT molecular complexity index is 1250. The number of primary amides is 1. The van der Waals surface area contributed by atoms with E-state index in [4.69, 9.17) is 15.2 Å². The van der Waals surface area contributed by atoms with Gasteiger partial charge in [-0.05, 0) is 40.5 Å². The van der Waals surface area contributed by atoms with Gasteiger partial charge in [-0.3, -0.25) is 14.6 Å². The monoisotopic (exact) mass is 558 g/mol. The summed E-state index contributed by atoms with van der Waals surface area (Å²) in [7, 11) is 0. The first-order chi connectivity index (χ1) is 18.0.